The molecule has 162 valence electrons. The van der Waals surface area contributed by atoms with Crippen LogP contribution >= 0.6 is 0 Å². The van der Waals surface area contributed by atoms with Crippen molar-refractivity contribution in [1.82, 2.24) is 0 Å². The van der Waals surface area contributed by atoms with Crippen LogP contribution in [0.2, 0.25) is 0 Å². The predicted molar refractivity (Wildman–Crippen MR) is 106 cm³/mol. The van der Waals surface area contributed by atoms with Gasteiger partial charge >= 0.3 is 6.18 Å². The first-order valence-electron chi connectivity index (χ1n) is 11.8. The molecule has 0 radical (unpaired) electrons. The summed E-state index contributed by atoms with van der Waals surface area (Å²) in [7, 11) is 1.79. The Morgan fingerprint density at radius 1 is 0.893 bits per heavy atom. The Morgan fingerprint density at radius 3 is 2.32 bits per heavy atom. The maximum atomic E-state index is 13.3. The van der Waals surface area contributed by atoms with Crippen LogP contribution in [0.3, 0.4) is 0 Å². The van der Waals surface area contributed by atoms with Gasteiger partial charge in [0.25, 0.3) is 0 Å². The molecule has 8 atom stereocenters. The van der Waals surface area contributed by atoms with Crippen LogP contribution in [0.15, 0.2) is 0 Å². The molecule has 8 unspecified atom stereocenters. The van der Waals surface area contributed by atoms with Crippen LogP contribution in [0, 0.1) is 46.3 Å². The van der Waals surface area contributed by atoms with Gasteiger partial charge in [-0.2, -0.15) is 13.2 Å². The van der Waals surface area contributed by atoms with Crippen LogP contribution < -0.4 is 0 Å². The minimum absolute atomic E-state index is 0.153. The summed E-state index contributed by atoms with van der Waals surface area (Å²) in [4.78, 5) is 0. The Hall–Kier alpha value is -0.250. The summed E-state index contributed by atoms with van der Waals surface area (Å²) in [6.07, 6.45) is 7.46. The van der Waals surface area contributed by atoms with E-state index in [4.69, 9.17) is 4.74 Å². The Balaban J connectivity index is 1.48. The number of hydrogen-bond donors (Lipinski definition) is 0. The molecular weight excluding hydrogens is 361 g/mol. The van der Waals surface area contributed by atoms with E-state index in [0.717, 1.165) is 43.6 Å². The fourth-order valence-electron chi connectivity index (χ4n) is 8.61. The third-order valence-electron chi connectivity index (χ3n) is 10.2. The number of alkyl halides is 3. The number of halogens is 3. The van der Waals surface area contributed by atoms with Crippen molar-refractivity contribution in [1.29, 1.82) is 0 Å². The lowest BCUT2D eigenvalue weighted by Crippen LogP contribution is -2.54. The van der Waals surface area contributed by atoms with Gasteiger partial charge in [0.15, 0.2) is 0 Å². The molecule has 4 aliphatic carbocycles. The molecule has 4 fully saturated rings. The van der Waals surface area contributed by atoms with E-state index in [-0.39, 0.29) is 11.3 Å². The van der Waals surface area contributed by atoms with E-state index in [1.54, 1.807) is 7.11 Å². The van der Waals surface area contributed by atoms with Gasteiger partial charge in [-0.3, -0.25) is 0 Å². The van der Waals surface area contributed by atoms with E-state index >= 15 is 0 Å². The zero-order chi connectivity index (χ0) is 20.2. The number of hydrogen-bond acceptors (Lipinski definition) is 1. The topological polar surface area (TPSA) is 9.23 Å². The van der Waals surface area contributed by atoms with Gasteiger partial charge < -0.3 is 4.74 Å². The van der Waals surface area contributed by atoms with Gasteiger partial charge in [-0.1, -0.05) is 13.8 Å². The third kappa shape index (κ3) is 3.34. The van der Waals surface area contributed by atoms with Gasteiger partial charge in [0.2, 0.25) is 0 Å². The van der Waals surface area contributed by atoms with E-state index in [1.165, 1.54) is 38.5 Å². The molecular formula is C24H39F3O. The van der Waals surface area contributed by atoms with Crippen LogP contribution in [0.5, 0.6) is 0 Å². The van der Waals surface area contributed by atoms with Crippen molar-refractivity contribution in [2.75, 3.05) is 13.7 Å². The molecule has 0 aliphatic heterocycles. The summed E-state index contributed by atoms with van der Waals surface area (Å²) in [6.45, 7) is 5.78. The summed E-state index contributed by atoms with van der Waals surface area (Å²) >= 11 is 0. The maximum absolute atomic E-state index is 13.3. The van der Waals surface area contributed by atoms with Crippen LogP contribution in [0.1, 0.15) is 84.5 Å². The van der Waals surface area contributed by atoms with E-state index in [9.17, 15) is 13.2 Å². The lowest BCUT2D eigenvalue weighted by Gasteiger charge is -2.61. The highest BCUT2D eigenvalue weighted by Gasteiger charge is 2.61. The van der Waals surface area contributed by atoms with Crippen molar-refractivity contribution in [3.8, 4) is 0 Å². The molecule has 1 nitrogen and oxygen atoms in total. The molecule has 4 saturated carbocycles. The molecule has 0 N–H and O–H groups in total. The van der Waals surface area contributed by atoms with E-state index < -0.39 is 12.1 Å². The van der Waals surface area contributed by atoms with Gasteiger partial charge in [0.05, 0.1) is 5.92 Å². The normalized spacial score (nSPS) is 48.6. The Kier molecular flexibility index (Phi) is 5.60. The van der Waals surface area contributed by atoms with E-state index in [0.29, 0.717) is 24.2 Å². The first-order valence-corrected chi connectivity index (χ1v) is 11.8. The summed E-state index contributed by atoms with van der Waals surface area (Å²) in [5.41, 5.74) is 0.613. The van der Waals surface area contributed by atoms with Gasteiger partial charge in [-0.05, 0) is 111 Å². The molecule has 28 heavy (non-hydrogen) atoms. The van der Waals surface area contributed by atoms with E-state index in [2.05, 4.69) is 13.8 Å². The molecule has 0 aromatic carbocycles. The van der Waals surface area contributed by atoms with Crippen LogP contribution in [-0.2, 0) is 4.74 Å². The standard InChI is InChI=1S/C24H39F3O/c1-22-13-11-21-19(20(22)9-7-16(22)5-4-14-28-3)8-6-17-15-18(24(25,26)27)10-12-23(17,21)2/h16-21H,4-15H2,1-3H3. The minimum atomic E-state index is -4.00. The highest BCUT2D eigenvalue weighted by Crippen LogP contribution is 2.68. The largest absolute Gasteiger partial charge is 0.391 e. The third-order valence-corrected chi connectivity index (χ3v) is 10.2. The Bertz CT molecular complexity index is 561. The second-order valence-electron chi connectivity index (χ2n) is 11.1. The monoisotopic (exact) mass is 400 g/mol. The van der Waals surface area contributed by atoms with Crippen molar-refractivity contribution in [2.24, 2.45) is 46.3 Å². The second-order valence-corrected chi connectivity index (χ2v) is 11.1. The van der Waals surface area contributed by atoms with Gasteiger partial charge in [-0.25, -0.2) is 0 Å². The highest BCUT2D eigenvalue weighted by atomic mass is 19.4. The van der Waals surface area contributed by atoms with E-state index in [1.807, 2.05) is 0 Å². The fraction of sp³-hybridized carbons (Fsp3) is 1.00. The molecule has 4 rings (SSSR count). The first-order chi connectivity index (χ1) is 13.2. The Labute approximate surface area is 169 Å². The quantitative estimate of drug-likeness (QED) is 0.452. The molecule has 0 heterocycles. The van der Waals surface area contributed by atoms with Crippen molar-refractivity contribution in [3.05, 3.63) is 0 Å². The average Bonchev–Trinajstić information content (AvgIpc) is 2.97. The predicted octanol–water partition coefficient (Wildman–Crippen LogP) is 7.25. The summed E-state index contributed by atoms with van der Waals surface area (Å²) in [6, 6.07) is 0. The zero-order valence-corrected chi connectivity index (χ0v) is 18.0. The molecule has 4 aliphatic rings. The fourth-order valence-corrected chi connectivity index (χ4v) is 8.61. The molecule has 0 aromatic rings. The smallest absolute Gasteiger partial charge is 0.385 e. The SMILES string of the molecule is COCCCC1CCC2C3CCC4CC(C(F)(F)F)CCC4(C)C3CCC12C. The van der Waals surface area contributed by atoms with Crippen LogP contribution in [0.25, 0.3) is 0 Å². The second kappa shape index (κ2) is 7.46. The molecule has 0 bridgehead atoms. The molecule has 0 aromatic heterocycles. The van der Waals surface area contributed by atoms with Gasteiger partial charge in [0, 0.05) is 13.7 Å². The highest BCUT2D eigenvalue weighted by molar-refractivity contribution is 5.09. The van der Waals surface area contributed by atoms with Crippen molar-refractivity contribution >= 4 is 0 Å². The van der Waals surface area contributed by atoms with Crippen LogP contribution in [0.4, 0.5) is 13.2 Å². The Morgan fingerprint density at radius 2 is 1.61 bits per heavy atom. The lowest BCUT2D eigenvalue weighted by atomic mass is 9.44. The summed E-state index contributed by atoms with van der Waals surface area (Å²) in [5.74, 6) is 2.29. The van der Waals surface area contributed by atoms with Crippen molar-refractivity contribution in [3.63, 3.8) is 0 Å². The molecule has 0 saturated heterocycles. The summed E-state index contributed by atoms with van der Waals surface area (Å²) < 4.78 is 45.3. The molecule has 0 spiro atoms. The lowest BCUT2D eigenvalue weighted by molar-refractivity contribution is -0.208. The minimum Gasteiger partial charge on any atom is -0.385 e. The van der Waals surface area contributed by atoms with Crippen molar-refractivity contribution in [2.45, 2.75) is 90.7 Å². The van der Waals surface area contributed by atoms with Gasteiger partial charge in [-0.15, -0.1) is 0 Å². The molecule has 0 amide bonds. The first kappa shape index (κ1) is 21.0. The zero-order valence-electron chi connectivity index (χ0n) is 18.0. The van der Waals surface area contributed by atoms with Crippen molar-refractivity contribution < 1.29 is 17.9 Å². The molecule has 4 heteroatoms. The average molecular weight is 401 g/mol. The number of fused-ring (bicyclic) bond motifs is 5. The number of ether oxygens (including phenoxy) is 1. The number of methoxy groups -OCH3 is 1. The maximum Gasteiger partial charge on any atom is 0.391 e. The van der Waals surface area contributed by atoms with Crippen LogP contribution in [-0.4, -0.2) is 19.9 Å². The number of rotatable bonds is 4. The van der Waals surface area contributed by atoms with Gasteiger partial charge in [0.1, 0.15) is 0 Å². The summed E-state index contributed by atoms with van der Waals surface area (Å²) in [5, 5.41) is 0.